The Morgan fingerprint density at radius 1 is 1.15 bits per heavy atom. The minimum Gasteiger partial charge on any atom is -0.126 e. The zero-order valence-corrected chi connectivity index (χ0v) is 10.2. The van der Waals surface area contributed by atoms with E-state index in [9.17, 15) is 0 Å². The molecule has 1 saturated carbocycles. The predicted molar refractivity (Wildman–Crippen MR) is 60.2 cm³/mol. The number of rotatable bonds is 5. The number of hydrogen-bond acceptors (Lipinski definition) is 0. The number of hydrogen-bond donors (Lipinski definition) is 0. The van der Waals surface area contributed by atoms with Gasteiger partial charge in [0.05, 0.1) is 0 Å². The third-order valence-electron chi connectivity index (χ3n) is 3.17. The van der Waals surface area contributed by atoms with Crippen LogP contribution in [-0.2, 0) is 0 Å². The fourth-order valence-corrected chi connectivity index (χ4v) is 3.30. The molecule has 0 aromatic heterocycles. The lowest BCUT2D eigenvalue weighted by atomic mass is 9.85. The van der Waals surface area contributed by atoms with Crippen molar-refractivity contribution in [3.63, 3.8) is 0 Å². The molecule has 0 nitrogen and oxygen atoms in total. The standard InChI is InChI=1S/C12H23Cl/c1-9(2)5-12(6-10(3)4)7-11(12)8-13/h9-11H,5-8H2,1-4H3. The highest BCUT2D eigenvalue weighted by Gasteiger charge is 2.52. The van der Waals surface area contributed by atoms with E-state index in [1.54, 1.807) is 0 Å². The highest BCUT2D eigenvalue weighted by molar-refractivity contribution is 6.18. The van der Waals surface area contributed by atoms with Crippen LogP contribution in [0.5, 0.6) is 0 Å². The Morgan fingerprint density at radius 2 is 1.62 bits per heavy atom. The summed E-state index contributed by atoms with van der Waals surface area (Å²) in [6, 6.07) is 0. The van der Waals surface area contributed by atoms with E-state index >= 15 is 0 Å². The molecule has 0 aromatic rings. The van der Waals surface area contributed by atoms with E-state index in [0.29, 0.717) is 5.41 Å². The summed E-state index contributed by atoms with van der Waals surface area (Å²) >= 11 is 5.95. The van der Waals surface area contributed by atoms with Crippen LogP contribution in [0, 0.1) is 23.2 Å². The SMILES string of the molecule is CC(C)CC1(CC(C)C)CC1CCl. The highest BCUT2D eigenvalue weighted by atomic mass is 35.5. The third-order valence-corrected chi connectivity index (χ3v) is 3.55. The van der Waals surface area contributed by atoms with Gasteiger partial charge in [-0.15, -0.1) is 11.6 Å². The first kappa shape index (κ1) is 11.4. The van der Waals surface area contributed by atoms with Crippen molar-refractivity contribution < 1.29 is 0 Å². The first-order valence-electron chi connectivity index (χ1n) is 5.56. The maximum atomic E-state index is 5.95. The summed E-state index contributed by atoms with van der Waals surface area (Å²) in [6.45, 7) is 9.30. The van der Waals surface area contributed by atoms with Gasteiger partial charge in [0, 0.05) is 5.88 Å². The van der Waals surface area contributed by atoms with Gasteiger partial charge in [0.2, 0.25) is 0 Å². The van der Waals surface area contributed by atoms with E-state index in [0.717, 1.165) is 23.6 Å². The third kappa shape index (κ3) is 2.87. The molecule has 1 fully saturated rings. The van der Waals surface area contributed by atoms with Gasteiger partial charge in [0.25, 0.3) is 0 Å². The monoisotopic (exact) mass is 202 g/mol. The van der Waals surface area contributed by atoms with Crippen molar-refractivity contribution in [2.45, 2.75) is 47.0 Å². The van der Waals surface area contributed by atoms with Crippen molar-refractivity contribution in [1.29, 1.82) is 0 Å². The minimum atomic E-state index is 0.629. The summed E-state index contributed by atoms with van der Waals surface area (Å²) in [5, 5.41) is 0. The molecule has 0 spiro atoms. The number of halogens is 1. The Bertz CT molecular complexity index is 151. The van der Waals surface area contributed by atoms with E-state index < -0.39 is 0 Å². The van der Waals surface area contributed by atoms with E-state index in [1.165, 1.54) is 19.3 Å². The molecule has 0 heterocycles. The summed E-state index contributed by atoms with van der Waals surface area (Å²) in [5.41, 5.74) is 0.629. The van der Waals surface area contributed by atoms with Gasteiger partial charge in [0.1, 0.15) is 0 Å². The summed E-state index contributed by atoms with van der Waals surface area (Å²) in [5.74, 6) is 3.34. The molecule has 0 amide bonds. The summed E-state index contributed by atoms with van der Waals surface area (Å²) in [4.78, 5) is 0. The van der Waals surface area contributed by atoms with Gasteiger partial charge < -0.3 is 0 Å². The van der Waals surface area contributed by atoms with E-state index in [-0.39, 0.29) is 0 Å². The van der Waals surface area contributed by atoms with Crippen molar-refractivity contribution in [2.75, 3.05) is 5.88 Å². The number of alkyl halides is 1. The van der Waals surface area contributed by atoms with Gasteiger partial charge in [-0.3, -0.25) is 0 Å². The maximum Gasteiger partial charge on any atom is 0.0257 e. The predicted octanol–water partition coefficient (Wildman–Crippen LogP) is 4.32. The molecule has 1 heteroatoms. The van der Waals surface area contributed by atoms with Gasteiger partial charge in [-0.05, 0) is 42.4 Å². The molecule has 78 valence electrons. The Morgan fingerprint density at radius 3 is 1.85 bits per heavy atom. The Balaban J connectivity index is 2.47. The van der Waals surface area contributed by atoms with Crippen LogP contribution < -0.4 is 0 Å². The van der Waals surface area contributed by atoms with Gasteiger partial charge in [0.15, 0.2) is 0 Å². The van der Waals surface area contributed by atoms with Crippen LogP contribution >= 0.6 is 11.6 Å². The lowest BCUT2D eigenvalue weighted by Crippen LogP contribution is -2.12. The van der Waals surface area contributed by atoms with Crippen molar-refractivity contribution in [1.82, 2.24) is 0 Å². The fourth-order valence-electron chi connectivity index (χ4n) is 2.86. The molecular weight excluding hydrogens is 180 g/mol. The zero-order valence-electron chi connectivity index (χ0n) is 9.44. The Hall–Kier alpha value is 0.290. The molecule has 0 radical (unpaired) electrons. The van der Waals surface area contributed by atoms with Crippen molar-refractivity contribution in [3.8, 4) is 0 Å². The molecule has 1 aliphatic rings. The molecular formula is C12H23Cl. The zero-order chi connectivity index (χ0) is 10.1. The van der Waals surface area contributed by atoms with E-state index in [1.807, 2.05) is 0 Å². The smallest absolute Gasteiger partial charge is 0.0257 e. The fraction of sp³-hybridized carbons (Fsp3) is 1.00. The average molecular weight is 203 g/mol. The highest BCUT2D eigenvalue weighted by Crippen LogP contribution is 2.60. The largest absolute Gasteiger partial charge is 0.126 e. The van der Waals surface area contributed by atoms with Gasteiger partial charge in [-0.1, -0.05) is 27.7 Å². The first-order chi connectivity index (χ1) is 6.00. The van der Waals surface area contributed by atoms with Crippen molar-refractivity contribution in [2.24, 2.45) is 23.2 Å². The average Bonchev–Trinajstić information content (AvgIpc) is 2.59. The molecule has 13 heavy (non-hydrogen) atoms. The van der Waals surface area contributed by atoms with E-state index in [2.05, 4.69) is 27.7 Å². The molecule has 0 bridgehead atoms. The lowest BCUT2D eigenvalue weighted by molar-refractivity contribution is 0.300. The molecule has 0 N–H and O–H groups in total. The molecule has 0 saturated heterocycles. The van der Waals surface area contributed by atoms with Crippen LogP contribution in [0.1, 0.15) is 47.0 Å². The topological polar surface area (TPSA) is 0 Å². The quantitative estimate of drug-likeness (QED) is 0.583. The van der Waals surface area contributed by atoms with Crippen molar-refractivity contribution in [3.05, 3.63) is 0 Å². The second-order valence-electron chi connectivity index (χ2n) is 5.61. The normalized spacial score (nSPS) is 25.6. The first-order valence-corrected chi connectivity index (χ1v) is 6.09. The molecule has 1 aliphatic carbocycles. The van der Waals surface area contributed by atoms with Crippen LogP contribution in [0.25, 0.3) is 0 Å². The summed E-state index contributed by atoms with van der Waals surface area (Å²) < 4.78 is 0. The molecule has 1 unspecified atom stereocenters. The Kier molecular flexibility index (Phi) is 3.68. The molecule has 0 aliphatic heterocycles. The lowest BCUT2D eigenvalue weighted by Gasteiger charge is -2.21. The second kappa shape index (κ2) is 4.21. The van der Waals surface area contributed by atoms with Gasteiger partial charge >= 0.3 is 0 Å². The summed E-state index contributed by atoms with van der Waals surface area (Å²) in [7, 11) is 0. The second-order valence-corrected chi connectivity index (χ2v) is 5.92. The van der Waals surface area contributed by atoms with E-state index in [4.69, 9.17) is 11.6 Å². The maximum absolute atomic E-state index is 5.95. The van der Waals surface area contributed by atoms with Gasteiger partial charge in [-0.2, -0.15) is 0 Å². The van der Waals surface area contributed by atoms with Gasteiger partial charge in [-0.25, -0.2) is 0 Å². The summed E-state index contributed by atoms with van der Waals surface area (Å²) in [6.07, 6.45) is 4.14. The molecule has 0 aromatic carbocycles. The van der Waals surface area contributed by atoms with Crippen LogP contribution in [0.15, 0.2) is 0 Å². The minimum absolute atomic E-state index is 0.629. The Labute approximate surface area is 88.1 Å². The van der Waals surface area contributed by atoms with Crippen LogP contribution in [0.3, 0.4) is 0 Å². The molecule has 1 atom stereocenters. The van der Waals surface area contributed by atoms with Crippen molar-refractivity contribution >= 4 is 11.6 Å². The van der Waals surface area contributed by atoms with Crippen LogP contribution in [0.2, 0.25) is 0 Å². The van der Waals surface area contributed by atoms with Crippen LogP contribution in [-0.4, -0.2) is 5.88 Å². The van der Waals surface area contributed by atoms with Crippen LogP contribution in [0.4, 0.5) is 0 Å². The molecule has 1 rings (SSSR count).